The maximum atomic E-state index is 5.56. The first-order valence-corrected chi connectivity index (χ1v) is 5.43. The average Bonchev–Trinajstić information content (AvgIpc) is 3.10. The Balaban J connectivity index is 2.07. The number of nitrogens with one attached hydrogen (secondary N) is 1. The Morgan fingerprint density at radius 1 is 1.47 bits per heavy atom. The molecule has 1 saturated carbocycles. The molecule has 0 aromatic heterocycles. The van der Waals surface area contributed by atoms with Crippen LogP contribution >= 0.6 is 0 Å². The van der Waals surface area contributed by atoms with E-state index in [4.69, 9.17) is 10.6 Å². The summed E-state index contributed by atoms with van der Waals surface area (Å²) < 4.78 is 5.32. The zero-order valence-corrected chi connectivity index (χ0v) is 9.07. The topological polar surface area (TPSA) is 47.3 Å². The molecule has 3 N–H and O–H groups in total. The molecule has 1 fully saturated rings. The summed E-state index contributed by atoms with van der Waals surface area (Å²) in [6.45, 7) is 0. The summed E-state index contributed by atoms with van der Waals surface area (Å²) in [6.07, 6.45) is 3.54. The molecule has 3 nitrogen and oxygen atoms in total. The lowest BCUT2D eigenvalue weighted by molar-refractivity contribution is 0.401. The lowest BCUT2D eigenvalue weighted by atomic mass is 10.0. The predicted octanol–water partition coefficient (Wildman–Crippen LogP) is 1.48. The first-order chi connectivity index (χ1) is 7.35. The molecule has 0 heterocycles. The molecule has 0 spiro atoms. The fourth-order valence-corrected chi connectivity index (χ4v) is 1.97. The van der Waals surface area contributed by atoms with Crippen molar-refractivity contribution in [1.29, 1.82) is 0 Å². The van der Waals surface area contributed by atoms with E-state index >= 15 is 0 Å². The van der Waals surface area contributed by atoms with Crippen LogP contribution in [0.4, 0.5) is 0 Å². The summed E-state index contributed by atoms with van der Waals surface area (Å²) in [7, 11) is 1.71. The van der Waals surface area contributed by atoms with Crippen LogP contribution in [-0.4, -0.2) is 13.2 Å². The number of hydrogen-bond acceptors (Lipinski definition) is 3. The second-order valence-corrected chi connectivity index (χ2v) is 4.13. The number of benzene rings is 1. The van der Waals surface area contributed by atoms with Gasteiger partial charge in [0.1, 0.15) is 5.75 Å². The second kappa shape index (κ2) is 4.64. The molecule has 0 bridgehead atoms. The molecule has 0 amide bonds. The molecule has 2 rings (SSSR count). The predicted molar refractivity (Wildman–Crippen MR) is 60.5 cm³/mol. The monoisotopic (exact) mass is 206 g/mol. The molecule has 1 aliphatic carbocycles. The van der Waals surface area contributed by atoms with E-state index in [2.05, 4.69) is 11.5 Å². The molecule has 0 radical (unpaired) electrons. The Kier molecular flexibility index (Phi) is 3.23. The molecule has 1 aliphatic rings. The second-order valence-electron chi connectivity index (χ2n) is 4.13. The number of hydrazine groups is 1. The van der Waals surface area contributed by atoms with Crippen LogP contribution in [0.5, 0.6) is 5.75 Å². The lowest BCUT2D eigenvalue weighted by Gasteiger charge is -2.16. The summed E-state index contributed by atoms with van der Waals surface area (Å²) in [5.41, 5.74) is 4.14. The molecular formula is C12H18N2O. The van der Waals surface area contributed by atoms with Crippen molar-refractivity contribution in [3.63, 3.8) is 0 Å². The van der Waals surface area contributed by atoms with Crippen LogP contribution in [0.25, 0.3) is 0 Å². The smallest absolute Gasteiger partial charge is 0.122 e. The van der Waals surface area contributed by atoms with Crippen LogP contribution in [-0.2, 0) is 6.42 Å². The fraction of sp³-hybridized carbons (Fsp3) is 0.500. The highest BCUT2D eigenvalue weighted by molar-refractivity contribution is 5.34. The third kappa shape index (κ3) is 2.49. The summed E-state index contributed by atoms with van der Waals surface area (Å²) in [6, 6.07) is 8.52. The maximum Gasteiger partial charge on any atom is 0.122 e. The molecule has 3 heteroatoms. The first-order valence-electron chi connectivity index (χ1n) is 5.43. The zero-order chi connectivity index (χ0) is 10.7. The number of para-hydroxylation sites is 1. The van der Waals surface area contributed by atoms with Gasteiger partial charge in [-0.25, -0.2) is 0 Å². The van der Waals surface area contributed by atoms with Crippen LogP contribution in [0.3, 0.4) is 0 Å². The van der Waals surface area contributed by atoms with E-state index < -0.39 is 0 Å². The molecule has 1 unspecified atom stereocenters. The van der Waals surface area contributed by atoms with Crippen molar-refractivity contribution in [1.82, 2.24) is 5.43 Å². The van der Waals surface area contributed by atoms with Crippen molar-refractivity contribution >= 4 is 0 Å². The van der Waals surface area contributed by atoms with Gasteiger partial charge in [-0.05, 0) is 36.8 Å². The zero-order valence-electron chi connectivity index (χ0n) is 9.07. The summed E-state index contributed by atoms with van der Waals surface area (Å²) in [5.74, 6) is 7.27. The largest absolute Gasteiger partial charge is 0.496 e. The van der Waals surface area contributed by atoms with Gasteiger partial charge in [-0.15, -0.1) is 0 Å². The van der Waals surface area contributed by atoms with Crippen LogP contribution < -0.4 is 16.0 Å². The minimum absolute atomic E-state index is 0.390. The van der Waals surface area contributed by atoms with Gasteiger partial charge in [0.2, 0.25) is 0 Å². The highest BCUT2D eigenvalue weighted by Gasteiger charge is 2.30. The van der Waals surface area contributed by atoms with E-state index in [1.165, 1.54) is 18.4 Å². The van der Waals surface area contributed by atoms with E-state index in [1.807, 2.05) is 18.2 Å². The van der Waals surface area contributed by atoms with E-state index in [1.54, 1.807) is 7.11 Å². The van der Waals surface area contributed by atoms with Crippen LogP contribution in [0.1, 0.15) is 18.4 Å². The normalized spacial score (nSPS) is 17.5. The van der Waals surface area contributed by atoms with E-state index in [9.17, 15) is 0 Å². The molecule has 0 aliphatic heterocycles. The Bertz CT molecular complexity index is 323. The highest BCUT2D eigenvalue weighted by Crippen LogP contribution is 2.34. The SMILES string of the molecule is COc1ccccc1CC(NN)C1CC1. The number of nitrogens with two attached hydrogens (primary N) is 1. The molecule has 1 aromatic carbocycles. The highest BCUT2D eigenvalue weighted by atomic mass is 16.5. The quantitative estimate of drug-likeness (QED) is 0.566. The Labute approximate surface area is 90.6 Å². The molecular weight excluding hydrogens is 188 g/mol. The van der Waals surface area contributed by atoms with Crippen LogP contribution in [0.2, 0.25) is 0 Å². The van der Waals surface area contributed by atoms with Crippen molar-refractivity contribution in [3.05, 3.63) is 29.8 Å². The van der Waals surface area contributed by atoms with Crippen molar-refractivity contribution in [2.24, 2.45) is 11.8 Å². The summed E-state index contributed by atoms with van der Waals surface area (Å²) in [4.78, 5) is 0. The van der Waals surface area contributed by atoms with Gasteiger partial charge < -0.3 is 4.74 Å². The van der Waals surface area contributed by atoms with Crippen LogP contribution in [0, 0.1) is 5.92 Å². The van der Waals surface area contributed by atoms with E-state index in [-0.39, 0.29) is 0 Å². The van der Waals surface area contributed by atoms with Crippen molar-refractivity contribution in [2.75, 3.05) is 7.11 Å². The number of hydrogen-bond donors (Lipinski definition) is 2. The van der Waals surface area contributed by atoms with Gasteiger partial charge >= 0.3 is 0 Å². The third-order valence-electron chi connectivity index (χ3n) is 3.04. The van der Waals surface area contributed by atoms with E-state index in [0.29, 0.717) is 6.04 Å². The standard InChI is InChI=1S/C12H18N2O/c1-15-12-5-3-2-4-10(12)8-11(14-13)9-6-7-9/h2-5,9,11,14H,6-8,13H2,1H3. The molecule has 1 aromatic rings. The van der Waals surface area contributed by atoms with Gasteiger partial charge in [-0.2, -0.15) is 0 Å². The average molecular weight is 206 g/mol. The van der Waals surface area contributed by atoms with E-state index in [0.717, 1.165) is 18.1 Å². The lowest BCUT2D eigenvalue weighted by Crippen LogP contribution is -2.38. The summed E-state index contributed by atoms with van der Waals surface area (Å²) >= 11 is 0. The van der Waals surface area contributed by atoms with Gasteiger partial charge in [0.25, 0.3) is 0 Å². The minimum Gasteiger partial charge on any atom is -0.496 e. The van der Waals surface area contributed by atoms with Gasteiger partial charge in [0.15, 0.2) is 0 Å². The van der Waals surface area contributed by atoms with Crippen molar-refractivity contribution in [3.8, 4) is 5.75 Å². The number of rotatable bonds is 5. The Morgan fingerprint density at radius 2 is 2.20 bits per heavy atom. The molecule has 15 heavy (non-hydrogen) atoms. The Hall–Kier alpha value is -1.06. The van der Waals surface area contributed by atoms with Gasteiger partial charge in [-0.1, -0.05) is 18.2 Å². The maximum absolute atomic E-state index is 5.56. The van der Waals surface area contributed by atoms with Gasteiger partial charge in [-0.3, -0.25) is 11.3 Å². The third-order valence-corrected chi connectivity index (χ3v) is 3.04. The first kappa shape index (κ1) is 10.5. The van der Waals surface area contributed by atoms with Crippen molar-refractivity contribution < 1.29 is 4.74 Å². The van der Waals surface area contributed by atoms with Gasteiger partial charge in [0, 0.05) is 6.04 Å². The number of methoxy groups -OCH3 is 1. The molecule has 0 saturated heterocycles. The van der Waals surface area contributed by atoms with Crippen LogP contribution in [0.15, 0.2) is 24.3 Å². The molecule has 82 valence electrons. The van der Waals surface area contributed by atoms with Gasteiger partial charge in [0.05, 0.1) is 7.11 Å². The van der Waals surface area contributed by atoms with Crippen molar-refractivity contribution in [2.45, 2.75) is 25.3 Å². The minimum atomic E-state index is 0.390. The Morgan fingerprint density at radius 3 is 2.80 bits per heavy atom. The fourth-order valence-electron chi connectivity index (χ4n) is 1.97. The summed E-state index contributed by atoms with van der Waals surface area (Å²) in [5, 5.41) is 0. The number of ether oxygens (including phenoxy) is 1. The molecule has 1 atom stereocenters.